The van der Waals surface area contributed by atoms with Gasteiger partial charge < -0.3 is 5.11 Å². The number of benzene rings is 2. The molecule has 0 atom stereocenters. The van der Waals surface area contributed by atoms with Crippen LogP contribution in [0.15, 0.2) is 47.4 Å². The van der Waals surface area contributed by atoms with Crippen LogP contribution in [0.3, 0.4) is 0 Å². The molecule has 0 bridgehead atoms. The summed E-state index contributed by atoms with van der Waals surface area (Å²) in [4.78, 5) is 24.3. The van der Waals surface area contributed by atoms with Crippen LogP contribution >= 0.6 is 11.8 Å². The predicted molar refractivity (Wildman–Crippen MR) is 81.8 cm³/mol. The molecule has 0 fully saturated rings. The van der Waals surface area contributed by atoms with Crippen LogP contribution in [0.2, 0.25) is 0 Å². The van der Waals surface area contributed by atoms with Gasteiger partial charge >= 0.3 is 5.97 Å². The van der Waals surface area contributed by atoms with Crippen LogP contribution in [0, 0.1) is 0 Å². The van der Waals surface area contributed by atoms with E-state index in [1.54, 1.807) is 11.8 Å². The molecule has 2 aromatic rings. The highest BCUT2D eigenvalue weighted by atomic mass is 32.2. The van der Waals surface area contributed by atoms with E-state index < -0.39 is 5.97 Å². The highest BCUT2D eigenvalue weighted by molar-refractivity contribution is 7.98. The number of rotatable bonds is 3. The van der Waals surface area contributed by atoms with Gasteiger partial charge in [0.05, 0.1) is 0 Å². The lowest BCUT2D eigenvalue weighted by Gasteiger charge is -2.07. The molecule has 0 unspecified atom stereocenters. The standard InChI is InChI=1S/C17H14O3S/c18-16(19)8-6-11-5-7-15-14(9-11)17(20)13-4-2-1-3-12(13)10-21-15/h1-5,7,9H,6,8,10H2,(H,18,19). The number of hydrogen-bond acceptors (Lipinski definition) is 3. The highest BCUT2D eigenvalue weighted by Crippen LogP contribution is 2.34. The second kappa shape index (κ2) is 5.74. The average Bonchev–Trinajstić information content (AvgIpc) is 2.63. The maximum atomic E-state index is 12.7. The second-order valence-corrected chi connectivity index (χ2v) is 6.02. The van der Waals surface area contributed by atoms with E-state index in [-0.39, 0.29) is 12.2 Å². The molecule has 1 heterocycles. The Morgan fingerprint density at radius 3 is 2.76 bits per heavy atom. The van der Waals surface area contributed by atoms with E-state index in [2.05, 4.69) is 0 Å². The fraction of sp³-hybridized carbons (Fsp3) is 0.176. The number of hydrogen-bond donors (Lipinski definition) is 1. The number of ketones is 1. The fourth-order valence-electron chi connectivity index (χ4n) is 2.46. The van der Waals surface area contributed by atoms with E-state index in [0.717, 1.165) is 27.3 Å². The first-order valence-corrected chi connectivity index (χ1v) is 7.74. The summed E-state index contributed by atoms with van der Waals surface area (Å²) in [5.74, 6) is -0.0117. The molecule has 3 rings (SSSR count). The number of carboxylic acids is 1. The van der Waals surface area contributed by atoms with E-state index in [1.165, 1.54) is 0 Å². The van der Waals surface area contributed by atoms with Crippen molar-refractivity contribution in [3.63, 3.8) is 0 Å². The lowest BCUT2D eigenvalue weighted by Crippen LogP contribution is -2.05. The number of carboxylic acid groups (broad SMARTS) is 1. The van der Waals surface area contributed by atoms with E-state index in [0.29, 0.717) is 12.0 Å². The molecule has 0 amide bonds. The van der Waals surface area contributed by atoms with Crippen molar-refractivity contribution in [3.8, 4) is 0 Å². The lowest BCUT2D eigenvalue weighted by molar-refractivity contribution is -0.136. The monoisotopic (exact) mass is 298 g/mol. The van der Waals surface area contributed by atoms with E-state index in [4.69, 9.17) is 5.11 Å². The van der Waals surface area contributed by atoms with E-state index in [9.17, 15) is 9.59 Å². The van der Waals surface area contributed by atoms with Crippen LogP contribution < -0.4 is 0 Å². The molecular formula is C17H14O3S. The SMILES string of the molecule is O=C(O)CCc1ccc2c(c1)C(=O)c1ccccc1CS2. The van der Waals surface area contributed by atoms with E-state index in [1.807, 2.05) is 42.5 Å². The highest BCUT2D eigenvalue weighted by Gasteiger charge is 2.21. The van der Waals surface area contributed by atoms with Crippen LogP contribution in [-0.2, 0) is 17.0 Å². The Morgan fingerprint density at radius 2 is 1.95 bits per heavy atom. The maximum absolute atomic E-state index is 12.7. The van der Waals surface area contributed by atoms with Gasteiger partial charge in [0.2, 0.25) is 0 Å². The van der Waals surface area contributed by atoms with Crippen LogP contribution in [0.5, 0.6) is 0 Å². The summed E-state index contributed by atoms with van der Waals surface area (Å²) >= 11 is 1.65. The van der Waals surface area contributed by atoms with Crippen molar-refractivity contribution in [1.82, 2.24) is 0 Å². The van der Waals surface area contributed by atoms with Gasteiger partial charge in [0.25, 0.3) is 0 Å². The lowest BCUT2D eigenvalue weighted by atomic mass is 9.97. The molecular weight excluding hydrogens is 284 g/mol. The summed E-state index contributed by atoms with van der Waals surface area (Å²) in [5, 5.41) is 8.77. The zero-order chi connectivity index (χ0) is 14.8. The Labute approximate surface area is 127 Å². The molecule has 0 aliphatic carbocycles. The largest absolute Gasteiger partial charge is 0.481 e. The molecule has 0 saturated heterocycles. The molecule has 0 spiro atoms. The Hall–Kier alpha value is -2.07. The Bertz CT molecular complexity index is 722. The molecule has 0 saturated carbocycles. The number of fused-ring (bicyclic) bond motifs is 2. The molecule has 2 aromatic carbocycles. The van der Waals surface area contributed by atoms with Crippen LogP contribution in [0.25, 0.3) is 0 Å². The van der Waals surface area contributed by atoms with Crippen molar-refractivity contribution in [1.29, 1.82) is 0 Å². The first kappa shape index (κ1) is 13.9. The minimum Gasteiger partial charge on any atom is -0.481 e. The van der Waals surface area contributed by atoms with Gasteiger partial charge in [0.1, 0.15) is 0 Å². The minimum atomic E-state index is -0.823. The molecule has 1 aliphatic heterocycles. The predicted octanol–water partition coefficient (Wildman–Crippen LogP) is 3.54. The van der Waals surface area contributed by atoms with E-state index >= 15 is 0 Å². The fourth-order valence-corrected chi connectivity index (χ4v) is 3.49. The Kier molecular flexibility index (Phi) is 3.80. The smallest absolute Gasteiger partial charge is 0.303 e. The summed E-state index contributed by atoms with van der Waals surface area (Å²) in [6.07, 6.45) is 0.527. The second-order valence-electron chi connectivity index (χ2n) is 5.00. The first-order valence-electron chi connectivity index (χ1n) is 6.75. The molecule has 4 heteroatoms. The summed E-state index contributed by atoms with van der Waals surface area (Å²) in [7, 11) is 0. The van der Waals surface area contributed by atoms with Gasteiger partial charge in [-0.3, -0.25) is 9.59 Å². The molecule has 1 aliphatic rings. The number of carbonyl (C=O) groups excluding carboxylic acids is 1. The zero-order valence-electron chi connectivity index (χ0n) is 11.3. The van der Waals surface area contributed by atoms with Gasteiger partial charge in [-0.15, -0.1) is 11.8 Å². The number of thioether (sulfide) groups is 1. The first-order chi connectivity index (χ1) is 10.1. The number of carbonyl (C=O) groups is 2. The third-order valence-corrected chi connectivity index (χ3v) is 4.68. The molecule has 0 aromatic heterocycles. The van der Waals surface area contributed by atoms with Crippen molar-refractivity contribution in [2.45, 2.75) is 23.5 Å². The van der Waals surface area contributed by atoms with Crippen molar-refractivity contribution < 1.29 is 14.7 Å². The number of aryl methyl sites for hydroxylation is 1. The maximum Gasteiger partial charge on any atom is 0.303 e. The summed E-state index contributed by atoms with van der Waals surface area (Å²) in [6, 6.07) is 13.4. The average molecular weight is 298 g/mol. The third-order valence-electron chi connectivity index (χ3n) is 3.56. The van der Waals surface area contributed by atoms with Gasteiger partial charge in [-0.1, -0.05) is 30.3 Å². The van der Waals surface area contributed by atoms with Gasteiger partial charge in [-0.05, 0) is 29.7 Å². The van der Waals surface area contributed by atoms with Crippen molar-refractivity contribution in [2.24, 2.45) is 0 Å². The molecule has 0 radical (unpaired) electrons. The third kappa shape index (κ3) is 2.85. The molecule has 3 nitrogen and oxygen atoms in total. The Balaban J connectivity index is 1.98. The van der Waals surface area contributed by atoms with Crippen LogP contribution in [0.1, 0.15) is 33.5 Å². The summed E-state index contributed by atoms with van der Waals surface area (Å²) < 4.78 is 0. The van der Waals surface area contributed by atoms with Gasteiger partial charge in [-0.25, -0.2) is 0 Å². The molecule has 106 valence electrons. The minimum absolute atomic E-state index is 0.0303. The van der Waals surface area contributed by atoms with Crippen molar-refractivity contribution in [2.75, 3.05) is 0 Å². The van der Waals surface area contributed by atoms with Crippen LogP contribution in [-0.4, -0.2) is 16.9 Å². The topological polar surface area (TPSA) is 54.4 Å². The van der Waals surface area contributed by atoms with Crippen LogP contribution in [0.4, 0.5) is 0 Å². The van der Waals surface area contributed by atoms with Gasteiger partial charge in [0.15, 0.2) is 5.78 Å². The van der Waals surface area contributed by atoms with Crippen molar-refractivity contribution >= 4 is 23.5 Å². The normalized spacial score (nSPS) is 13.2. The Morgan fingerprint density at radius 1 is 1.14 bits per heavy atom. The molecule has 1 N–H and O–H groups in total. The summed E-state index contributed by atoms with van der Waals surface area (Å²) in [5.41, 5.74) is 3.38. The zero-order valence-corrected chi connectivity index (χ0v) is 12.2. The molecule has 21 heavy (non-hydrogen) atoms. The van der Waals surface area contributed by atoms with Gasteiger partial charge in [0, 0.05) is 28.2 Å². The van der Waals surface area contributed by atoms with Crippen molar-refractivity contribution in [3.05, 3.63) is 64.7 Å². The quantitative estimate of drug-likeness (QED) is 0.941. The summed E-state index contributed by atoms with van der Waals surface area (Å²) in [6.45, 7) is 0. The number of aliphatic carboxylic acids is 1. The van der Waals surface area contributed by atoms with Gasteiger partial charge in [-0.2, -0.15) is 0 Å².